The number of carbonyl (C=O) groups is 2. The summed E-state index contributed by atoms with van der Waals surface area (Å²) in [6.45, 7) is 0.263. The number of rotatable bonds is 7. The summed E-state index contributed by atoms with van der Waals surface area (Å²) in [6.07, 6.45) is 4.38. The number of carboxylic acid groups (broad SMARTS) is 1. The quantitative estimate of drug-likeness (QED) is 0.705. The number of hydrogen-bond donors (Lipinski definition) is 2. The van der Waals surface area contributed by atoms with Crippen LogP contribution in [0.25, 0.3) is 6.08 Å². The van der Waals surface area contributed by atoms with Gasteiger partial charge >= 0.3 is 5.97 Å². The van der Waals surface area contributed by atoms with Crippen LogP contribution >= 0.6 is 0 Å². The van der Waals surface area contributed by atoms with E-state index in [9.17, 15) is 9.59 Å². The second kappa shape index (κ2) is 7.29. The molecule has 1 unspecified atom stereocenters. The van der Waals surface area contributed by atoms with E-state index in [1.54, 1.807) is 12.1 Å². The van der Waals surface area contributed by atoms with Crippen LogP contribution in [0, 0.1) is 0 Å². The predicted octanol–water partition coefficient (Wildman–Crippen LogP) is 0.899. The SMILES string of the molecule is COCCC(NC(=O)C=Cc1ccco1)C(=O)O. The van der Waals surface area contributed by atoms with E-state index in [4.69, 9.17) is 14.3 Å². The lowest BCUT2D eigenvalue weighted by Crippen LogP contribution is -2.40. The number of amides is 1. The van der Waals surface area contributed by atoms with Gasteiger partial charge in [0.05, 0.1) is 6.26 Å². The fourth-order valence-corrected chi connectivity index (χ4v) is 1.26. The third kappa shape index (κ3) is 4.84. The molecular weight excluding hydrogens is 238 g/mol. The Morgan fingerprint density at radius 3 is 2.94 bits per heavy atom. The first-order chi connectivity index (χ1) is 8.63. The van der Waals surface area contributed by atoms with Crippen molar-refractivity contribution < 1.29 is 23.8 Å². The standard InChI is InChI=1S/C12H15NO5/c1-17-8-6-10(12(15)16)13-11(14)5-4-9-3-2-7-18-9/h2-5,7,10H,6,8H2,1H3,(H,13,14)(H,15,16). The summed E-state index contributed by atoms with van der Waals surface area (Å²) in [7, 11) is 1.47. The number of methoxy groups -OCH3 is 1. The number of aliphatic carboxylic acids is 1. The van der Waals surface area contributed by atoms with Crippen molar-refractivity contribution in [2.45, 2.75) is 12.5 Å². The predicted molar refractivity (Wildman–Crippen MR) is 63.8 cm³/mol. The molecule has 1 heterocycles. The van der Waals surface area contributed by atoms with Crippen molar-refractivity contribution in [3.63, 3.8) is 0 Å². The zero-order valence-electron chi connectivity index (χ0n) is 9.96. The Kier molecular flexibility index (Phi) is 5.66. The van der Waals surface area contributed by atoms with Crippen molar-refractivity contribution in [2.24, 2.45) is 0 Å². The van der Waals surface area contributed by atoms with Crippen molar-refractivity contribution in [1.82, 2.24) is 5.32 Å². The second-order valence-electron chi connectivity index (χ2n) is 3.53. The Labute approximate surface area is 104 Å². The molecule has 2 N–H and O–H groups in total. The third-order valence-corrected chi connectivity index (χ3v) is 2.17. The summed E-state index contributed by atoms with van der Waals surface area (Å²) in [5, 5.41) is 11.3. The van der Waals surface area contributed by atoms with Crippen LogP contribution in [0.1, 0.15) is 12.2 Å². The van der Waals surface area contributed by atoms with Gasteiger partial charge in [0.15, 0.2) is 0 Å². The molecule has 98 valence electrons. The minimum Gasteiger partial charge on any atom is -0.480 e. The molecule has 1 aromatic rings. The van der Waals surface area contributed by atoms with E-state index in [-0.39, 0.29) is 13.0 Å². The topological polar surface area (TPSA) is 88.8 Å². The van der Waals surface area contributed by atoms with Crippen LogP contribution in [-0.4, -0.2) is 36.7 Å². The molecule has 0 fully saturated rings. The smallest absolute Gasteiger partial charge is 0.326 e. The van der Waals surface area contributed by atoms with Crippen LogP contribution < -0.4 is 5.32 Å². The lowest BCUT2D eigenvalue weighted by Gasteiger charge is -2.12. The van der Waals surface area contributed by atoms with Gasteiger partial charge in [-0.3, -0.25) is 4.79 Å². The van der Waals surface area contributed by atoms with E-state index < -0.39 is 17.9 Å². The van der Waals surface area contributed by atoms with E-state index in [0.29, 0.717) is 5.76 Å². The highest BCUT2D eigenvalue weighted by molar-refractivity contribution is 5.94. The molecule has 0 aliphatic heterocycles. The van der Waals surface area contributed by atoms with Gasteiger partial charge in [0.25, 0.3) is 0 Å². The van der Waals surface area contributed by atoms with Crippen LogP contribution in [0.2, 0.25) is 0 Å². The minimum absolute atomic E-state index is 0.214. The highest BCUT2D eigenvalue weighted by atomic mass is 16.5. The van der Waals surface area contributed by atoms with Gasteiger partial charge in [0.2, 0.25) is 5.91 Å². The van der Waals surface area contributed by atoms with E-state index in [1.807, 2.05) is 0 Å². The van der Waals surface area contributed by atoms with Gasteiger partial charge in [0, 0.05) is 26.2 Å². The van der Waals surface area contributed by atoms with Crippen LogP contribution in [-0.2, 0) is 14.3 Å². The summed E-state index contributed by atoms with van der Waals surface area (Å²) in [4.78, 5) is 22.3. The first-order valence-electron chi connectivity index (χ1n) is 5.37. The average Bonchev–Trinajstić information content (AvgIpc) is 2.84. The molecule has 0 aliphatic carbocycles. The highest BCUT2D eigenvalue weighted by Crippen LogP contribution is 2.02. The third-order valence-electron chi connectivity index (χ3n) is 2.17. The first-order valence-corrected chi connectivity index (χ1v) is 5.37. The molecule has 6 nitrogen and oxygen atoms in total. The molecule has 18 heavy (non-hydrogen) atoms. The molecule has 0 saturated carbocycles. The Morgan fingerprint density at radius 2 is 2.39 bits per heavy atom. The molecule has 0 saturated heterocycles. The number of furan rings is 1. The van der Waals surface area contributed by atoms with Crippen LogP contribution in [0.4, 0.5) is 0 Å². The maximum Gasteiger partial charge on any atom is 0.326 e. The summed E-state index contributed by atoms with van der Waals surface area (Å²) in [5.74, 6) is -1.06. The van der Waals surface area contributed by atoms with Gasteiger partial charge in [-0.1, -0.05) is 0 Å². The fraction of sp³-hybridized carbons (Fsp3) is 0.333. The van der Waals surface area contributed by atoms with E-state index in [2.05, 4.69) is 5.32 Å². The molecule has 0 radical (unpaired) electrons. The highest BCUT2D eigenvalue weighted by Gasteiger charge is 2.18. The summed E-state index contributed by atoms with van der Waals surface area (Å²) in [5.41, 5.74) is 0. The first kappa shape index (κ1) is 14.0. The van der Waals surface area contributed by atoms with Crippen molar-refractivity contribution >= 4 is 18.0 Å². The largest absolute Gasteiger partial charge is 0.480 e. The molecule has 1 aromatic heterocycles. The lowest BCUT2D eigenvalue weighted by atomic mass is 10.2. The molecule has 1 amide bonds. The molecule has 1 atom stereocenters. The van der Waals surface area contributed by atoms with Crippen LogP contribution in [0.15, 0.2) is 28.9 Å². The number of carboxylic acids is 1. The normalized spacial score (nSPS) is 12.5. The van der Waals surface area contributed by atoms with Crippen molar-refractivity contribution in [2.75, 3.05) is 13.7 Å². The van der Waals surface area contributed by atoms with Gasteiger partial charge in [0.1, 0.15) is 11.8 Å². The van der Waals surface area contributed by atoms with Gasteiger partial charge in [-0.25, -0.2) is 4.79 Å². The van der Waals surface area contributed by atoms with Gasteiger partial charge < -0.3 is 19.6 Å². The molecule has 0 bridgehead atoms. The monoisotopic (exact) mass is 253 g/mol. The van der Waals surface area contributed by atoms with Crippen molar-refractivity contribution in [3.8, 4) is 0 Å². The maximum atomic E-state index is 11.5. The summed E-state index contributed by atoms with van der Waals surface area (Å²) < 4.78 is 9.77. The number of nitrogens with one attached hydrogen (secondary N) is 1. The second-order valence-corrected chi connectivity index (χ2v) is 3.53. The van der Waals surface area contributed by atoms with E-state index in [0.717, 1.165) is 0 Å². The Hall–Kier alpha value is -2.08. The van der Waals surface area contributed by atoms with Gasteiger partial charge in [-0.15, -0.1) is 0 Å². The Balaban J connectivity index is 2.48. The molecule has 0 aliphatic rings. The van der Waals surface area contributed by atoms with Gasteiger partial charge in [-0.2, -0.15) is 0 Å². The molecular formula is C12H15NO5. The van der Waals surface area contributed by atoms with Crippen LogP contribution in [0.3, 0.4) is 0 Å². The Morgan fingerprint density at radius 1 is 1.61 bits per heavy atom. The zero-order chi connectivity index (χ0) is 13.4. The fourth-order valence-electron chi connectivity index (χ4n) is 1.26. The molecule has 6 heteroatoms. The van der Waals surface area contributed by atoms with Crippen molar-refractivity contribution in [3.05, 3.63) is 30.2 Å². The zero-order valence-corrected chi connectivity index (χ0v) is 9.96. The van der Waals surface area contributed by atoms with Gasteiger partial charge in [-0.05, 0) is 18.2 Å². The molecule has 0 spiro atoms. The average molecular weight is 253 g/mol. The summed E-state index contributed by atoms with van der Waals surface area (Å²) >= 11 is 0. The Bertz CT molecular complexity index is 410. The van der Waals surface area contributed by atoms with Crippen molar-refractivity contribution in [1.29, 1.82) is 0 Å². The number of carbonyl (C=O) groups excluding carboxylic acids is 1. The number of ether oxygens (including phenoxy) is 1. The lowest BCUT2D eigenvalue weighted by molar-refractivity contribution is -0.141. The molecule has 0 aromatic carbocycles. The minimum atomic E-state index is -1.09. The number of hydrogen-bond acceptors (Lipinski definition) is 4. The summed E-state index contributed by atoms with van der Waals surface area (Å²) in [6, 6.07) is 2.42. The van der Waals surface area contributed by atoms with E-state index >= 15 is 0 Å². The maximum absolute atomic E-state index is 11.5. The van der Waals surface area contributed by atoms with Crippen LogP contribution in [0.5, 0.6) is 0 Å². The van der Waals surface area contributed by atoms with E-state index in [1.165, 1.54) is 25.5 Å². The molecule has 1 rings (SSSR count).